The first-order valence-corrected chi connectivity index (χ1v) is 7.40. The maximum Gasteiger partial charge on any atom is 0.174 e. The molecule has 0 aliphatic rings. The van der Waals surface area contributed by atoms with Crippen molar-refractivity contribution in [3.8, 4) is 5.75 Å². The zero-order chi connectivity index (χ0) is 16.4. The van der Waals surface area contributed by atoms with Gasteiger partial charge in [0.25, 0.3) is 0 Å². The van der Waals surface area contributed by atoms with Gasteiger partial charge in [0.15, 0.2) is 11.6 Å². The number of benzene rings is 3. The van der Waals surface area contributed by atoms with Gasteiger partial charge in [0.05, 0.1) is 12.0 Å². The standard InChI is InChI=1S/C20H16O3/c1-13-9-10-17(18(21)11-13)20(23)12-19(22)16-8-4-6-14-5-2-3-7-15(14)16/h2-11,21H,12H2,1H3. The van der Waals surface area contributed by atoms with Gasteiger partial charge in [-0.3, -0.25) is 9.59 Å². The molecule has 0 saturated heterocycles. The molecule has 3 heteroatoms. The summed E-state index contributed by atoms with van der Waals surface area (Å²) in [7, 11) is 0. The summed E-state index contributed by atoms with van der Waals surface area (Å²) in [6.07, 6.45) is -0.259. The van der Waals surface area contributed by atoms with Crippen molar-refractivity contribution in [2.75, 3.05) is 0 Å². The van der Waals surface area contributed by atoms with Crippen LogP contribution >= 0.6 is 0 Å². The summed E-state index contributed by atoms with van der Waals surface area (Å²) in [5.74, 6) is -0.701. The van der Waals surface area contributed by atoms with Crippen LogP contribution in [0.2, 0.25) is 0 Å². The summed E-state index contributed by atoms with van der Waals surface area (Å²) in [5.41, 5.74) is 1.58. The van der Waals surface area contributed by atoms with Gasteiger partial charge in [0, 0.05) is 5.56 Å². The zero-order valence-corrected chi connectivity index (χ0v) is 12.7. The molecule has 0 aliphatic heterocycles. The van der Waals surface area contributed by atoms with Crippen molar-refractivity contribution in [3.63, 3.8) is 0 Å². The lowest BCUT2D eigenvalue weighted by molar-refractivity contribution is 0.0894. The Morgan fingerprint density at radius 2 is 1.57 bits per heavy atom. The van der Waals surface area contributed by atoms with Gasteiger partial charge in [-0.1, -0.05) is 48.5 Å². The number of ketones is 2. The number of rotatable bonds is 4. The lowest BCUT2D eigenvalue weighted by Crippen LogP contribution is -2.09. The normalized spacial score (nSPS) is 10.7. The van der Waals surface area contributed by atoms with E-state index in [2.05, 4.69) is 0 Å². The summed E-state index contributed by atoms with van der Waals surface area (Å²) in [6.45, 7) is 1.83. The van der Waals surface area contributed by atoms with Crippen LogP contribution in [0, 0.1) is 6.92 Å². The number of Topliss-reactive ketones (excluding diaryl/α,β-unsaturated/α-hetero) is 2. The quantitative estimate of drug-likeness (QED) is 0.577. The Morgan fingerprint density at radius 3 is 2.35 bits per heavy atom. The van der Waals surface area contributed by atoms with E-state index in [0.717, 1.165) is 16.3 Å². The molecule has 3 rings (SSSR count). The molecule has 0 atom stereocenters. The van der Waals surface area contributed by atoms with Crippen molar-refractivity contribution in [1.29, 1.82) is 0 Å². The van der Waals surface area contributed by atoms with Gasteiger partial charge in [-0.25, -0.2) is 0 Å². The summed E-state index contributed by atoms with van der Waals surface area (Å²) in [4.78, 5) is 24.8. The molecule has 0 spiro atoms. The van der Waals surface area contributed by atoms with E-state index in [1.807, 2.05) is 43.3 Å². The third kappa shape index (κ3) is 2.99. The smallest absolute Gasteiger partial charge is 0.174 e. The van der Waals surface area contributed by atoms with Crippen LogP contribution in [0.4, 0.5) is 0 Å². The largest absolute Gasteiger partial charge is 0.507 e. The van der Waals surface area contributed by atoms with Crippen LogP contribution in [-0.2, 0) is 0 Å². The third-order valence-corrected chi connectivity index (χ3v) is 3.86. The van der Waals surface area contributed by atoms with Crippen LogP contribution in [0.5, 0.6) is 5.75 Å². The second kappa shape index (κ2) is 6.05. The van der Waals surface area contributed by atoms with Crippen LogP contribution in [0.1, 0.15) is 32.7 Å². The van der Waals surface area contributed by atoms with E-state index >= 15 is 0 Å². The predicted octanol–water partition coefficient (Wildman–Crippen LogP) is 4.31. The lowest BCUT2D eigenvalue weighted by Gasteiger charge is -2.07. The highest BCUT2D eigenvalue weighted by Gasteiger charge is 2.18. The first-order valence-electron chi connectivity index (χ1n) is 7.40. The molecular formula is C20H16O3. The number of carbonyl (C=O) groups excluding carboxylic acids is 2. The predicted molar refractivity (Wildman–Crippen MR) is 90.1 cm³/mol. The molecule has 0 amide bonds. The number of hydrogen-bond donors (Lipinski definition) is 1. The Bertz CT molecular complexity index is 904. The van der Waals surface area contributed by atoms with Crippen molar-refractivity contribution >= 4 is 22.3 Å². The van der Waals surface area contributed by atoms with E-state index in [4.69, 9.17) is 0 Å². The molecule has 3 nitrogen and oxygen atoms in total. The van der Waals surface area contributed by atoms with Gasteiger partial charge in [-0.05, 0) is 35.4 Å². The van der Waals surface area contributed by atoms with Gasteiger partial charge < -0.3 is 5.11 Å². The topological polar surface area (TPSA) is 54.4 Å². The molecule has 0 aliphatic carbocycles. The van der Waals surface area contributed by atoms with Gasteiger partial charge in [0.1, 0.15) is 5.75 Å². The van der Waals surface area contributed by atoms with E-state index in [-0.39, 0.29) is 29.3 Å². The van der Waals surface area contributed by atoms with Crippen molar-refractivity contribution in [2.24, 2.45) is 0 Å². The number of fused-ring (bicyclic) bond motifs is 1. The van der Waals surface area contributed by atoms with Crippen LogP contribution in [-0.4, -0.2) is 16.7 Å². The van der Waals surface area contributed by atoms with Crippen molar-refractivity contribution in [2.45, 2.75) is 13.3 Å². The third-order valence-electron chi connectivity index (χ3n) is 3.86. The number of phenolic OH excluding ortho intramolecular Hbond substituents is 1. The molecule has 3 aromatic rings. The second-order valence-corrected chi connectivity index (χ2v) is 5.57. The maximum absolute atomic E-state index is 12.5. The Kier molecular flexibility index (Phi) is 3.94. The minimum absolute atomic E-state index is 0.0827. The fourth-order valence-corrected chi connectivity index (χ4v) is 2.68. The average Bonchev–Trinajstić information content (AvgIpc) is 2.54. The Balaban J connectivity index is 1.90. The fourth-order valence-electron chi connectivity index (χ4n) is 2.68. The Morgan fingerprint density at radius 1 is 0.870 bits per heavy atom. The van der Waals surface area contributed by atoms with E-state index < -0.39 is 0 Å². The molecule has 1 N–H and O–H groups in total. The molecule has 0 aromatic heterocycles. The summed E-state index contributed by atoms with van der Waals surface area (Å²) < 4.78 is 0. The van der Waals surface area contributed by atoms with Gasteiger partial charge in [-0.2, -0.15) is 0 Å². The van der Waals surface area contributed by atoms with Gasteiger partial charge in [-0.15, -0.1) is 0 Å². The number of carbonyl (C=O) groups is 2. The van der Waals surface area contributed by atoms with Crippen molar-refractivity contribution in [1.82, 2.24) is 0 Å². The van der Waals surface area contributed by atoms with Crippen LogP contribution in [0.15, 0.2) is 60.7 Å². The highest BCUT2D eigenvalue weighted by atomic mass is 16.3. The van der Waals surface area contributed by atoms with Crippen LogP contribution < -0.4 is 0 Å². The highest BCUT2D eigenvalue weighted by molar-refractivity contribution is 6.18. The highest BCUT2D eigenvalue weighted by Crippen LogP contribution is 2.23. The molecule has 0 radical (unpaired) electrons. The Labute approximate surface area is 134 Å². The molecule has 0 saturated carbocycles. The van der Waals surface area contributed by atoms with Crippen molar-refractivity contribution < 1.29 is 14.7 Å². The SMILES string of the molecule is Cc1ccc(C(=O)CC(=O)c2cccc3ccccc23)c(O)c1. The molecule has 3 aromatic carbocycles. The minimum Gasteiger partial charge on any atom is -0.507 e. The first kappa shape index (κ1) is 15.0. The monoisotopic (exact) mass is 304 g/mol. The molecule has 114 valence electrons. The Hall–Kier alpha value is -2.94. The molecule has 0 unspecified atom stereocenters. The van der Waals surface area contributed by atoms with Gasteiger partial charge >= 0.3 is 0 Å². The number of hydrogen-bond acceptors (Lipinski definition) is 3. The average molecular weight is 304 g/mol. The van der Waals surface area contributed by atoms with E-state index in [1.165, 1.54) is 6.07 Å². The maximum atomic E-state index is 12.5. The molecule has 23 heavy (non-hydrogen) atoms. The molecule has 0 fully saturated rings. The van der Waals surface area contributed by atoms with Crippen molar-refractivity contribution in [3.05, 3.63) is 77.4 Å². The first-order chi connectivity index (χ1) is 11.1. The fraction of sp³-hybridized carbons (Fsp3) is 0.100. The molecule has 0 heterocycles. The number of phenols is 1. The number of aryl methyl sites for hydroxylation is 1. The van der Waals surface area contributed by atoms with E-state index in [9.17, 15) is 14.7 Å². The number of aromatic hydroxyl groups is 1. The van der Waals surface area contributed by atoms with Crippen LogP contribution in [0.25, 0.3) is 10.8 Å². The summed E-state index contributed by atoms with van der Waals surface area (Å²) >= 11 is 0. The minimum atomic E-state index is -0.375. The van der Waals surface area contributed by atoms with E-state index in [1.54, 1.807) is 18.2 Å². The van der Waals surface area contributed by atoms with Crippen LogP contribution in [0.3, 0.4) is 0 Å². The second-order valence-electron chi connectivity index (χ2n) is 5.57. The van der Waals surface area contributed by atoms with Gasteiger partial charge in [0.2, 0.25) is 0 Å². The summed E-state index contributed by atoms with van der Waals surface area (Å²) in [6, 6.07) is 17.9. The van der Waals surface area contributed by atoms with E-state index in [0.29, 0.717) is 5.56 Å². The lowest BCUT2D eigenvalue weighted by atomic mass is 9.96. The molecular weight excluding hydrogens is 288 g/mol. The zero-order valence-electron chi connectivity index (χ0n) is 12.7. The molecule has 0 bridgehead atoms. The summed E-state index contributed by atoms with van der Waals surface area (Å²) in [5, 5.41) is 11.7.